The predicted octanol–water partition coefficient (Wildman–Crippen LogP) is 0.596. The third-order valence-electron chi connectivity index (χ3n) is 4.58. The van der Waals surface area contributed by atoms with Crippen molar-refractivity contribution in [3.05, 3.63) is 29.6 Å². The molecule has 0 aliphatic heterocycles. The van der Waals surface area contributed by atoms with Crippen molar-refractivity contribution in [2.45, 2.75) is 38.5 Å². The van der Waals surface area contributed by atoms with Crippen LogP contribution in [0.4, 0.5) is 0 Å². The Balaban J connectivity index is 1.65. The minimum atomic E-state index is -0.566. The zero-order chi connectivity index (χ0) is 15.9. The molecule has 1 heterocycles. The number of imidazole rings is 1. The van der Waals surface area contributed by atoms with Crippen molar-refractivity contribution < 1.29 is 9.90 Å². The normalized spacial score (nSPS) is 24.8. The van der Waals surface area contributed by atoms with Gasteiger partial charge in [-0.05, 0) is 37.5 Å². The molecule has 22 heavy (non-hydrogen) atoms. The van der Waals surface area contributed by atoms with Gasteiger partial charge in [0.1, 0.15) is 5.82 Å². The molecule has 1 aromatic carbocycles. The second kappa shape index (κ2) is 5.70. The highest BCUT2D eigenvalue weighted by Gasteiger charge is 2.34. The lowest BCUT2D eigenvalue weighted by molar-refractivity contribution is -0.125. The number of nitrogens with zero attached hydrogens (tertiary/aromatic N) is 2. The van der Waals surface area contributed by atoms with Gasteiger partial charge in [0.2, 0.25) is 5.91 Å². The molecule has 3 atom stereocenters. The Morgan fingerprint density at radius 2 is 2.27 bits per heavy atom. The number of rotatable bonds is 3. The lowest BCUT2D eigenvalue weighted by Crippen LogP contribution is -2.30. The molecule has 118 valence electrons. The Hall–Kier alpha value is -1.92. The average Bonchev–Trinajstić information content (AvgIpc) is 2.97. The highest BCUT2D eigenvalue weighted by molar-refractivity contribution is 5.80. The van der Waals surface area contributed by atoms with Crippen LogP contribution in [-0.2, 0) is 18.4 Å². The Morgan fingerprint density at radius 3 is 2.95 bits per heavy atom. The molecule has 4 N–H and O–H groups in total. The minimum absolute atomic E-state index is 0.0377. The van der Waals surface area contributed by atoms with Crippen LogP contribution in [0, 0.1) is 12.8 Å². The van der Waals surface area contributed by atoms with Gasteiger partial charge in [-0.25, -0.2) is 4.98 Å². The monoisotopic (exact) mass is 302 g/mol. The first-order valence-electron chi connectivity index (χ1n) is 7.59. The van der Waals surface area contributed by atoms with E-state index in [1.165, 1.54) is 0 Å². The molecule has 0 radical (unpaired) electrons. The summed E-state index contributed by atoms with van der Waals surface area (Å²) in [6, 6.07) is 5.73. The molecule has 1 saturated carbocycles. The van der Waals surface area contributed by atoms with E-state index in [-0.39, 0.29) is 17.9 Å². The first kappa shape index (κ1) is 15.0. The lowest BCUT2D eigenvalue weighted by atomic mass is 10.1. The SMILES string of the molecule is Cc1nc2cc(CNC(=O)[C@H]3C[C@@H](N)[C@H](O)C3)ccc2n1C. The smallest absolute Gasteiger partial charge is 0.223 e. The zero-order valence-corrected chi connectivity index (χ0v) is 12.9. The maximum atomic E-state index is 12.1. The van der Waals surface area contributed by atoms with E-state index in [1.54, 1.807) is 0 Å². The molecule has 0 spiro atoms. The van der Waals surface area contributed by atoms with Gasteiger partial charge < -0.3 is 20.7 Å². The average molecular weight is 302 g/mol. The van der Waals surface area contributed by atoms with Crippen LogP contribution >= 0.6 is 0 Å². The molecule has 0 bridgehead atoms. The molecule has 1 aliphatic carbocycles. The molecule has 1 aromatic heterocycles. The number of aliphatic hydroxyl groups is 1. The van der Waals surface area contributed by atoms with Crippen molar-refractivity contribution in [2.75, 3.05) is 0 Å². The number of aliphatic hydroxyl groups excluding tert-OH is 1. The van der Waals surface area contributed by atoms with Gasteiger partial charge in [0.25, 0.3) is 0 Å². The first-order chi connectivity index (χ1) is 10.5. The van der Waals surface area contributed by atoms with Crippen LogP contribution in [0.5, 0.6) is 0 Å². The molecule has 6 heteroatoms. The number of hydrogen-bond acceptors (Lipinski definition) is 4. The summed E-state index contributed by atoms with van der Waals surface area (Å²) in [4.78, 5) is 16.6. The van der Waals surface area contributed by atoms with Crippen molar-refractivity contribution in [3.8, 4) is 0 Å². The van der Waals surface area contributed by atoms with Crippen LogP contribution in [0.1, 0.15) is 24.2 Å². The fraction of sp³-hybridized carbons (Fsp3) is 0.500. The quantitative estimate of drug-likeness (QED) is 0.774. The largest absolute Gasteiger partial charge is 0.391 e. The molecular formula is C16H22N4O2. The molecule has 6 nitrogen and oxygen atoms in total. The summed E-state index contributed by atoms with van der Waals surface area (Å²) < 4.78 is 2.04. The van der Waals surface area contributed by atoms with Gasteiger partial charge in [-0.3, -0.25) is 4.79 Å². The van der Waals surface area contributed by atoms with E-state index < -0.39 is 6.10 Å². The number of benzene rings is 1. The molecule has 1 amide bonds. The number of aromatic nitrogens is 2. The van der Waals surface area contributed by atoms with Crippen LogP contribution in [0.3, 0.4) is 0 Å². The Morgan fingerprint density at radius 1 is 1.50 bits per heavy atom. The summed E-state index contributed by atoms with van der Waals surface area (Å²) in [5, 5.41) is 12.6. The molecule has 0 unspecified atom stereocenters. The van der Waals surface area contributed by atoms with Crippen LogP contribution in [-0.4, -0.2) is 32.7 Å². The number of carbonyl (C=O) groups is 1. The van der Waals surface area contributed by atoms with E-state index in [1.807, 2.05) is 36.7 Å². The van der Waals surface area contributed by atoms with Crippen molar-refractivity contribution in [2.24, 2.45) is 18.7 Å². The van der Waals surface area contributed by atoms with Crippen molar-refractivity contribution in [1.29, 1.82) is 0 Å². The van der Waals surface area contributed by atoms with Crippen LogP contribution in [0.2, 0.25) is 0 Å². The fourth-order valence-corrected chi connectivity index (χ4v) is 3.07. The van der Waals surface area contributed by atoms with Gasteiger partial charge in [0.05, 0.1) is 17.1 Å². The second-order valence-electron chi connectivity index (χ2n) is 6.16. The minimum Gasteiger partial charge on any atom is -0.391 e. The summed E-state index contributed by atoms with van der Waals surface area (Å²) in [6.07, 6.45) is 0.431. The first-order valence-corrected chi connectivity index (χ1v) is 7.59. The number of amides is 1. The topological polar surface area (TPSA) is 93.2 Å². The van der Waals surface area contributed by atoms with E-state index in [2.05, 4.69) is 10.3 Å². The lowest BCUT2D eigenvalue weighted by Gasteiger charge is -2.10. The maximum absolute atomic E-state index is 12.1. The van der Waals surface area contributed by atoms with E-state index in [0.717, 1.165) is 22.4 Å². The van der Waals surface area contributed by atoms with Gasteiger partial charge >= 0.3 is 0 Å². The summed E-state index contributed by atoms with van der Waals surface area (Å²) in [7, 11) is 1.99. The third kappa shape index (κ3) is 2.71. The number of aryl methyl sites for hydroxylation is 2. The van der Waals surface area contributed by atoms with Crippen LogP contribution in [0.15, 0.2) is 18.2 Å². The Bertz CT molecular complexity index is 699. The number of fused-ring (bicyclic) bond motifs is 1. The van der Waals surface area contributed by atoms with Crippen molar-refractivity contribution in [1.82, 2.24) is 14.9 Å². The standard InChI is InChI=1S/C16H22N4O2/c1-9-19-13-5-10(3-4-14(13)20(9)2)8-18-16(22)11-6-12(17)15(21)7-11/h3-5,11-12,15,21H,6-8,17H2,1-2H3,(H,18,22)/t11-,12+,15+/m0/s1. The number of nitrogens with two attached hydrogens (primary N) is 1. The van der Waals surface area contributed by atoms with E-state index in [4.69, 9.17) is 5.73 Å². The van der Waals surface area contributed by atoms with Gasteiger partial charge in [0, 0.05) is 25.6 Å². The fourth-order valence-electron chi connectivity index (χ4n) is 3.07. The van der Waals surface area contributed by atoms with E-state index in [0.29, 0.717) is 19.4 Å². The summed E-state index contributed by atoms with van der Waals surface area (Å²) in [6.45, 7) is 2.43. The van der Waals surface area contributed by atoms with Gasteiger partial charge in [0.15, 0.2) is 0 Å². The van der Waals surface area contributed by atoms with E-state index in [9.17, 15) is 9.90 Å². The van der Waals surface area contributed by atoms with Crippen molar-refractivity contribution in [3.63, 3.8) is 0 Å². The Labute approximate surface area is 129 Å². The van der Waals surface area contributed by atoms with Gasteiger partial charge in [-0.15, -0.1) is 0 Å². The van der Waals surface area contributed by atoms with E-state index >= 15 is 0 Å². The number of hydrogen-bond donors (Lipinski definition) is 3. The number of nitrogens with one attached hydrogen (secondary N) is 1. The summed E-state index contributed by atoms with van der Waals surface area (Å²) >= 11 is 0. The molecular weight excluding hydrogens is 280 g/mol. The summed E-state index contributed by atoms with van der Waals surface area (Å²) in [5.74, 6) is 0.736. The zero-order valence-electron chi connectivity index (χ0n) is 12.9. The number of carbonyl (C=O) groups excluding carboxylic acids is 1. The predicted molar refractivity (Wildman–Crippen MR) is 84.0 cm³/mol. The van der Waals surface area contributed by atoms with Crippen LogP contribution < -0.4 is 11.1 Å². The molecule has 2 aromatic rings. The molecule has 1 fully saturated rings. The van der Waals surface area contributed by atoms with Crippen LogP contribution in [0.25, 0.3) is 11.0 Å². The third-order valence-corrected chi connectivity index (χ3v) is 4.58. The summed E-state index contributed by atoms with van der Waals surface area (Å²) in [5.41, 5.74) is 8.78. The second-order valence-corrected chi connectivity index (χ2v) is 6.16. The highest BCUT2D eigenvalue weighted by atomic mass is 16.3. The maximum Gasteiger partial charge on any atom is 0.223 e. The van der Waals surface area contributed by atoms with Gasteiger partial charge in [-0.2, -0.15) is 0 Å². The highest BCUT2D eigenvalue weighted by Crippen LogP contribution is 2.25. The van der Waals surface area contributed by atoms with Crippen molar-refractivity contribution >= 4 is 16.9 Å². The molecule has 0 saturated heterocycles. The molecule has 1 aliphatic rings. The van der Waals surface area contributed by atoms with Gasteiger partial charge in [-0.1, -0.05) is 6.07 Å². The Kier molecular flexibility index (Phi) is 3.88. The molecule has 3 rings (SSSR count).